The number of piperidine rings is 2. The monoisotopic (exact) mass is 1020 g/mol. The van der Waals surface area contributed by atoms with Gasteiger partial charge < -0.3 is 38.6 Å². The van der Waals surface area contributed by atoms with Crippen LogP contribution in [0.25, 0.3) is 33.0 Å². The van der Waals surface area contributed by atoms with E-state index in [-0.39, 0.29) is 17.7 Å². The Kier molecular flexibility index (Phi) is 17.5. The van der Waals surface area contributed by atoms with Crippen molar-refractivity contribution in [1.82, 2.24) is 30.2 Å². The number of hydrogen-bond donors (Lipinski definition) is 1. The third kappa shape index (κ3) is 12.8. The van der Waals surface area contributed by atoms with E-state index in [9.17, 15) is 9.59 Å². The van der Waals surface area contributed by atoms with E-state index in [0.717, 1.165) is 79.4 Å². The number of aromatic nitrogens is 4. The normalized spacial score (nSPS) is 15.3. The molecule has 0 spiro atoms. The maximum absolute atomic E-state index is 11.8. The first-order valence-electron chi connectivity index (χ1n) is 23.7. The molecule has 2 aromatic heterocycles. The molecule has 4 heterocycles. The Morgan fingerprint density at radius 1 is 0.634 bits per heavy atom. The number of fused-ring (bicyclic) bond motifs is 4. The molecule has 372 valence electrons. The fourth-order valence-electron chi connectivity index (χ4n) is 8.98. The molecule has 17 heteroatoms. The molecule has 1 amide bonds. The average molecular weight is 1020 g/mol. The largest absolute Gasteiger partial charge is 0.493 e. The molecule has 1 N–H and O–H groups in total. The number of ether oxygens (including phenoxy) is 6. The van der Waals surface area contributed by atoms with Crippen molar-refractivity contribution in [2.24, 2.45) is 11.8 Å². The highest BCUT2D eigenvalue weighted by Gasteiger charge is 2.24. The van der Waals surface area contributed by atoms with Gasteiger partial charge >= 0.3 is 0 Å². The quantitative estimate of drug-likeness (QED) is 0.0813. The molecule has 0 radical (unpaired) electrons. The van der Waals surface area contributed by atoms with Crippen molar-refractivity contribution in [3.63, 3.8) is 0 Å². The minimum absolute atomic E-state index is 0.00794. The van der Waals surface area contributed by atoms with E-state index in [1.165, 1.54) is 46.1 Å². The van der Waals surface area contributed by atoms with Gasteiger partial charge in [-0.05, 0) is 159 Å². The first-order chi connectivity index (χ1) is 34.5. The smallest absolute Gasteiger partial charge is 0.237 e. The standard InChI is InChI=1S/C27H28ClN3O4.C25H27N3O3.C2H2Cl2O/c1-17-3-4-19-5-6-20(11-21(17)19)35-27-22-12-24(33-2)25(13-23(22)29-16-30-27)34-15-18-7-9-31(10-8-18)26(32)14-28;1-16-3-4-18-5-6-19(11-20(16)18)31-25-21-12-23(29-2)24(13-22(21)27-15-28-25)30-14-17-7-9-26-10-8-17;3-1-2(4)5/h3,5-6,11-13,16,18H,4,7-10,14-15H2,1-2H3;3,5-6,11-13,15,17,26H,4,7-10,14H2,1-2H3;1H2. The van der Waals surface area contributed by atoms with Crippen LogP contribution >= 0.6 is 34.8 Å². The Labute approximate surface area is 428 Å². The Balaban J connectivity index is 0.000000175. The van der Waals surface area contributed by atoms with E-state index in [1.807, 2.05) is 41.3 Å². The molecule has 2 aliphatic heterocycles. The van der Waals surface area contributed by atoms with Crippen molar-refractivity contribution < 1.29 is 38.0 Å². The zero-order valence-corrected chi connectivity index (χ0v) is 42.5. The number of carbonyl (C=O) groups excluding carboxylic acids is 2. The molecule has 6 aromatic rings. The number of amides is 1. The number of nitrogens with zero attached hydrogens (tertiary/aromatic N) is 5. The van der Waals surface area contributed by atoms with Crippen molar-refractivity contribution in [2.45, 2.75) is 52.4 Å². The number of hydrogen-bond acceptors (Lipinski definition) is 13. The number of benzene rings is 4. The van der Waals surface area contributed by atoms with Crippen LogP contribution in [-0.4, -0.2) is 101 Å². The number of nitrogens with one attached hydrogen (secondary N) is 1. The molecule has 0 unspecified atom stereocenters. The van der Waals surface area contributed by atoms with Gasteiger partial charge in [0, 0.05) is 25.2 Å². The summed E-state index contributed by atoms with van der Waals surface area (Å²) in [5.74, 6) is 5.91. The van der Waals surface area contributed by atoms with Crippen molar-refractivity contribution >= 4 is 78.9 Å². The van der Waals surface area contributed by atoms with Crippen LogP contribution in [0, 0.1) is 11.8 Å². The van der Waals surface area contributed by atoms with Crippen LogP contribution in [0.2, 0.25) is 0 Å². The molecular formula is C54H57Cl3N6O8. The second-order valence-corrected chi connectivity index (χ2v) is 18.6. The van der Waals surface area contributed by atoms with E-state index in [1.54, 1.807) is 14.2 Å². The fourth-order valence-corrected chi connectivity index (χ4v) is 9.15. The van der Waals surface area contributed by atoms with Crippen LogP contribution in [0.5, 0.6) is 46.3 Å². The van der Waals surface area contributed by atoms with Crippen LogP contribution in [0.15, 0.2) is 85.5 Å². The number of rotatable bonds is 14. The molecule has 2 saturated heterocycles. The van der Waals surface area contributed by atoms with Gasteiger partial charge in [0.05, 0.1) is 55.1 Å². The van der Waals surface area contributed by atoms with Crippen LogP contribution in [-0.2, 0) is 22.4 Å². The molecule has 71 heavy (non-hydrogen) atoms. The number of methoxy groups -OCH3 is 2. The van der Waals surface area contributed by atoms with Gasteiger partial charge in [0.1, 0.15) is 30.0 Å². The lowest BCUT2D eigenvalue weighted by Gasteiger charge is -2.31. The van der Waals surface area contributed by atoms with Crippen molar-refractivity contribution in [2.75, 3.05) is 65.4 Å². The maximum Gasteiger partial charge on any atom is 0.237 e. The lowest BCUT2D eigenvalue weighted by molar-refractivity contribution is -0.130. The molecule has 4 aliphatic rings. The van der Waals surface area contributed by atoms with Gasteiger partial charge in [-0.1, -0.05) is 24.3 Å². The van der Waals surface area contributed by atoms with Gasteiger partial charge in [0.2, 0.25) is 22.9 Å². The summed E-state index contributed by atoms with van der Waals surface area (Å²) >= 11 is 15.2. The lowest BCUT2D eigenvalue weighted by atomic mass is 9.98. The van der Waals surface area contributed by atoms with E-state index in [0.29, 0.717) is 78.4 Å². The van der Waals surface area contributed by atoms with E-state index in [2.05, 4.69) is 75.5 Å². The summed E-state index contributed by atoms with van der Waals surface area (Å²) in [6, 6.07) is 19.9. The molecule has 2 aliphatic carbocycles. The second-order valence-electron chi connectivity index (χ2n) is 17.7. The minimum Gasteiger partial charge on any atom is -0.493 e. The van der Waals surface area contributed by atoms with E-state index < -0.39 is 5.24 Å². The lowest BCUT2D eigenvalue weighted by Crippen LogP contribution is -2.40. The Morgan fingerprint density at radius 3 is 1.54 bits per heavy atom. The fraction of sp³-hybridized carbons (Fsp3) is 0.370. The third-order valence-electron chi connectivity index (χ3n) is 13.1. The molecule has 0 saturated carbocycles. The zero-order chi connectivity index (χ0) is 49.9. The number of carbonyl (C=O) groups is 2. The van der Waals surface area contributed by atoms with Gasteiger partial charge in [0.15, 0.2) is 23.0 Å². The summed E-state index contributed by atoms with van der Waals surface area (Å²) in [6.07, 6.45) is 13.5. The molecule has 2 fully saturated rings. The third-order valence-corrected chi connectivity index (χ3v) is 13.8. The van der Waals surface area contributed by atoms with Gasteiger partial charge in [-0.2, -0.15) is 0 Å². The van der Waals surface area contributed by atoms with Crippen LogP contribution in [0.1, 0.15) is 61.8 Å². The highest BCUT2D eigenvalue weighted by molar-refractivity contribution is 6.67. The second kappa shape index (κ2) is 24.3. The highest BCUT2D eigenvalue weighted by Crippen LogP contribution is 2.40. The maximum atomic E-state index is 11.8. The molecule has 0 atom stereocenters. The van der Waals surface area contributed by atoms with E-state index in [4.69, 9.17) is 63.2 Å². The van der Waals surface area contributed by atoms with Crippen molar-refractivity contribution in [3.05, 3.63) is 108 Å². The topological polar surface area (TPSA) is 156 Å². The summed E-state index contributed by atoms with van der Waals surface area (Å²) in [7, 11) is 3.27. The Bertz CT molecular complexity index is 2940. The summed E-state index contributed by atoms with van der Waals surface area (Å²) in [5, 5.41) is 4.42. The Hall–Kier alpha value is -6.19. The van der Waals surface area contributed by atoms with E-state index >= 15 is 0 Å². The molecule has 0 bridgehead atoms. The summed E-state index contributed by atoms with van der Waals surface area (Å²) in [6.45, 7) is 8.99. The minimum atomic E-state index is -0.508. The van der Waals surface area contributed by atoms with Crippen molar-refractivity contribution in [1.29, 1.82) is 0 Å². The molecule has 10 rings (SSSR count). The predicted octanol–water partition coefficient (Wildman–Crippen LogP) is 11.0. The van der Waals surface area contributed by atoms with Crippen LogP contribution in [0.4, 0.5) is 0 Å². The molecule has 14 nitrogen and oxygen atoms in total. The Morgan fingerprint density at radius 2 is 1.10 bits per heavy atom. The van der Waals surface area contributed by atoms with Crippen LogP contribution in [0.3, 0.4) is 0 Å². The zero-order valence-electron chi connectivity index (χ0n) is 40.3. The average Bonchev–Trinajstić information content (AvgIpc) is 3.97. The highest BCUT2D eigenvalue weighted by atomic mass is 35.5. The number of alkyl halides is 2. The number of halogens is 3. The number of likely N-dealkylation sites (tertiary alicyclic amines) is 1. The van der Waals surface area contributed by atoms with Gasteiger partial charge in [0.25, 0.3) is 0 Å². The number of allylic oxidation sites excluding steroid dienone is 4. The molecular weight excluding hydrogens is 967 g/mol. The van der Waals surface area contributed by atoms with Crippen LogP contribution < -0.4 is 33.7 Å². The summed E-state index contributed by atoms with van der Waals surface area (Å²) in [4.78, 5) is 40.7. The first kappa shape index (κ1) is 51.2. The van der Waals surface area contributed by atoms with Crippen molar-refractivity contribution in [3.8, 4) is 46.3 Å². The summed E-state index contributed by atoms with van der Waals surface area (Å²) < 4.78 is 35.9. The van der Waals surface area contributed by atoms with Gasteiger partial charge in [-0.3, -0.25) is 9.59 Å². The van der Waals surface area contributed by atoms with Gasteiger partial charge in [-0.15, -0.1) is 23.2 Å². The predicted molar refractivity (Wildman–Crippen MR) is 278 cm³/mol. The molecule has 4 aromatic carbocycles. The van der Waals surface area contributed by atoms with Gasteiger partial charge in [-0.25, -0.2) is 19.9 Å². The first-order valence-corrected chi connectivity index (χ1v) is 25.1. The summed E-state index contributed by atoms with van der Waals surface area (Å²) in [5.41, 5.74) is 9.11. The SMILES string of the molecule is COc1cc2c(Oc3ccc4c(c3)C(C)=CC4)ncnc2cc1OCC1CCN(C(=O)CCl)CC1.COc1cc2c(Oc3ccc4c(c3)C(C)=CC4)ncnc2cc1OCC1CCNCC1.O=C(Cl)CCl.